The van der Waals surface area contributed by atoms with Gasteiger partial charge in [-0.2, -0.15) is 0 Å². The SMILES string of the molecule is COc1ccc(Cl)cc1NC(=O)c1ccc(N2CCCC2)cn1. The minimum atomic E-state index is -0.293. The molecule has 1 N–H and O–H groups in total. The number of halogens is 1. The molecular weight excluding hydrogens is 314 g/mol. The molecule has 5 nitrogen and oxygen atoms in total. The van der Waals surface area contributed by atoms with Crippen LogP contribution in [-0.2, 0) is 0 Å². The highest BCUT2D eigenvalue weighted by Gasteiger charge is 2.15. The number of anilines is 2. The summed E-state index contributed by atoms with van der Waals surface area (Å²) in [6, 6.07) is 8.74. The summed E-state index contributed by atoms with van der Waals surface area (Å²) in [5, 5.41) is 3.31. The number of ether oxygens (including phenoxy) is 1. The Morgan fingerprint density at radius 3 is 2.70 bits per heavy atom. The van der Waals surface area contributed by atoms with Crippen molar-refractivity contribution < 1.29 is 9.53 Å². The van der Waals surface area contributed by atoms with Crippen LogP contribution in [0.25, 0.3) is 0 Å². The first-order chi connectivity index (χ1) is 11.2. The number of rotatable bonds is 4. The highest BCUT2D eigenvalue weighted by molar-refractivity contribution is 6.31. The first-order valence-electron chi connectivity index (χ1n) is 7.53. The molecule has 1 aromatic carbocycles. The van der Waals surface area contributed by atoms with Crippen molar-refractivity contribution in [2.24, 2.45) is 0 Å². The van der Waals surface area contributed by atoms with Gasteiger partial charge in [-0.15, -0.1) is 0 Å². The fourth-order valence-corrected chi connectivity index (χ4v) is 2.82. The van der Waals surface area contributed by atoms with Gasteiger partial charge in [0.15, 0.2) is 0 Å². The Hall–Kier alpha value is -2.27. The summed E-state index contributed by atoms with van der Waals surface area (Å²) >= 11 is 5.97. The second-order valence-electron chi connectivity index (χ2n) is 5.39. The van der Waals surface area contributed by atoms with Gasteiger partial charge in [0.25, 0.3) is 5.91 Å². The highest BCUT2D eigenvalue weighted by atomic mass is 35.5. The number of nitrogens with one attached hydrogen (secondary N) is 1. The normalized spacial score (nSPS) is 13.9. The molecule has 1 amide bonds. The van der Waals surface area contributed by atoms with Gasteiger partial charge in [-0.05, 0) is 43.2 Å². The van der Waals surface area contributed by atoms with Crippen molar-refractivity contribution in [3.8, 4) is 5.75 Å². The average Bonchev–Trinajstić information content (AvgIpc) is 3.10. The number of carbonyl (C=O) groups excluding carboxylic acids is 1. The quantitative estimate of drug-likeness (QED) is 0.930. The number of carbonyl (C=O) groups is 1. The number of aromatic nitrogens is 1. The second-order valence-corrected chi connectivity index (χ2v) is 5.83. The third-order valence-corrected chi connectivity index (χ3v) is 4.10. The van der Waals surface area contributed by atoms with Gasteiger partial charge in [-0.25, -0.2) is 4.98 Å². The molecule has 0 saturated carbocycles. The smallest absolute Gasteiger partial charge is 0.274 e. The van der Waals surface area contributed by atoms with E-state index in [9.17, 15) is 4.79 Å². The van der Waals surface area contributed by atoms with Gasteiger partial charge in [0, 0.05) is 18.1 Å². The van der Waals surface area contributed by atoms with Crippen molar-refractivity contribution >= 4 is 28.9 Å². The molecule has 1 aliphatic heterocycles. The summed E-state index contributed by atoms with van der Waals surface area (Å²) in [6.07, 6.45) is 4.16. The second kappa shape index (κ2) is 6.87. The molecule has 0 atom stereocenters. The summed E-state index contributed by atoms with van der Waals surface area (Å²) < 4.78 is 5.22. The van der Waals surface area contributed by atoms with E-state index in [2.05, 4.69) is 15.2 Å². The van der Waals surface area contributed by atoms with Gasteiger partial charge in [0.1, 0.15) is 11.4 Å². The van der Waals surface area contributed by atoms with E-state index in [1.54, 1.807) is 37.6 Å². The van der Waals surface area contributed by atoms with Gasteiger partial charge in [0.2, 0.25) is 0 Å². The fourth-order valence-electron chi connectivity index (χ4n) is 2.65. The van der Waals surface area contributed by atoms with E-state index >= 15 is 0 Å². The van der Waals surface area contributed by atoms with E-state index in [-0.39, 0.29) is 5.91 Å². The molecule has 2 aromatic rings. The van der Waals surface area contributed by atoms with Crippen molar-refractivity contribution in [2.45, 2.75) is 12.8 Å². The average molecular weight is 332 g/mol. The van der Waals surface area contributed by atoms with Crippen molar-refractivity contribution in [3.05, 3.63) is 47.2 Å². The maximum atomic E-state index is 12.3. The van der Waals surface area contributed by atoms with E-state index in [1.165, 1.54) is 12.8 Å². The van der Waals surface area contributed by atoms with Gasteiger partial charge >= 0.3 is 0 Å². The van der Waals surface area contributed by atoms with Gasteiger partial charge in [0.05, 0.1) is 24.7 Å². The van der Waals surface area contributed by atoms with Crippen LogP contribution < -0.4 is 15.0 Å². The maximum absolute atomic E-state index is 12.3. The number of nitrogens with zero attached hydrogens (tertiary/aromatic N) is 2. The van der Waals surface area contributed by atoms with Crippen molar-refractivity contribution in [1.29, 1.82) is 0 Å². The standard InChI is InChI=1S/C17H18ClN3O2/c1-23-16-7-4-12(18)10-15(16)20-17(22)14-6-5-13(11-19-14)21-8-2-3-9-21/h4-7,10-11H,2-3,8-9H2,1H3,(H,20,22). The van der Waals surface area contributed by atoms with Crippen LogP contribution in [0.15, 0.2) is 36.5 Å². The Labute approximate surface area is 140 Å². The number of hydrogen-bond donors (Lipinski definition) is 1. The zero-order chi connectivity index (χ0) is 16.2. The Morgan fingerprint density at radius 2 is 2.04 bits per heavy atom. The predicted octanol–water partition coefficient (Wildman–Crippen LogP) is 3.60. The third kappa shape index (κ3) is 3.56. The Balaban J connectivity index is 1.74. The molecule has 2 heterocycles. The van der Waals surface area contributed by atoms with Crippen LogP contribution in [0.3, 0.4) is 0 Å². The minimum absolute atomic E-state index is 0.293. The lowest BCUT2D eigenvalue weighted by atomic mass is 10.2. The molecular formula is C17H18ClN3O2. The number of methoxy groups -OCH3 is 1. The number of pyridine rings is 1. The predicted molar refractivity (Wildman–Crippen MR) is 91.6 cm³/mol. The lowest BCUT2D eigenvalue weighted by Crippen LogP contribution is -2.19. The van der Waals surface area contributed by atoms with E-state index in [4.69, 9.17) is 16.3 Å². The van der Waals surface area contributed by atoms with Crippen LogP contribution in [-0.4, -0.2) is 31.1 Å². The molecule has 6 heteroatoms. The van der Waals surface area contributed by atoms with E-state index < -0.39 is 0 Å². The van der Waals surface area contributed by atoms with Crippen molar-refractivity contribution in [1.82, 2.24) is 4.98 Å². The van der Waals surface area contributed by atoms with Crippen molar-refractivity contribution in [2.75, 3.05) is 30.4 Å². The van der Waals surface area contributed by atoms with E-state index in [1.807, 2.05) is 6.07 Å². The van der Waals surface area contributed by atoms with Gasteiger partial charge < -0.3 is 15.0 Å². The maximum Gasteiger partial charge on any atom is 0.274 e. The van der Waals surface area contributed by atoms with Gasteiger partial charge in [-0.3, -0.25) is 4.79 Å². The van der Waals surface area contributed by atoms with Crippen LogP contribution in [0, 0.1) is 0 Å². The topological polar surface area (TPSA) is 54.5 Å². The number of hydrogen-bond acceptors (Lipinski definition) is 4. The molecule has 0 bridgehead atoms. The molecule has 0 spiro atoms. The van der Waals surface area contributed by atoms with Gasteiger partial charge in [-0.1, -0.05) is 11.6 Å². The monoisotopic (exact) mass is 331 g/mol. The minimum Gasteiger partial charge on any atom is -0.495 e. The molecule has 0 unspecified atom stereocenters. The van der Waals surface area contributed by atoms with E-state index in [0.717, 1.165) is 18.8 Å². The van der Waals surface area contributed by atoms with Crippen LogP contribution in [0.1, 0.15) is 23.3 Å². The Morgan fingerprint density at radius 1 is 1.26 bits per heavy atom. The molecule has 1 fully saturated rings. The lowest BCUT2D eigenvalue weighted by Gasteiger charge is -2.17. The zero-order valence-electron chi connectivity index (χ0n) is 12.9. The van der Waals surface area contributed by atoms with Crippen LogP contribution in [0.4, 0.5) is 11.4 Å². The Bertz CT molecular complexity index is 697. The molecule has 1 saturated heterocycles. The molecule has 0 radical (unpaired) electrons. The fraction of sp³-hybridized carbons (Fsp3) is 0.294. The molecule has 0 aliphatic carbocycles. The summed E-state index contributed by atoms with van der Waals surface area (Å²) in [5.74, 6) is 0.259. The summed E-state index contributed by atoms with van der Waals surface area (Å²) in [7, 11) is 1.54. The highest BCUT2D eigenvalue weighted by Crippen LogP contribution is 2.28. The molecule has 3 rings (SSSR count). The van der Waals surface area contributed by atoms with Crippen LogP contribution in [0.5, 0.6) is 5.75 Å². The first kappa shape index (κ1) is 15.6. The molecule has 1 aromatic heterocycles. The molecule has 120 valence electrons. The Kier molecular flexibility index (Phi) is 4.67. The van der Waals surface area contributed by atoms with Crippen LogP contribution >= 0.6 is 11.6 Å². The van der Waals surface area contributed by atoms with E-state index in [0.29, 0.717) is 22.2 Å². The van der Waals surface area contributed by atoms with Crippen LogP contribution in [0.2, 0.25) is 5.02 Å². The van der Waals surface area contributed by atoms with Crippen molar-refractivity contribution in [3.63, 3.8) is 0 Å². The zero-order valence-corrected chi connectivity index (χ0v) is 13.6. The molecule has 1 aliphatic rings. The summed E-state index contributed by atoms with van der Waals surface area (Å²) in [4.78, 5) is 18.9. The third-order valence-electron chi connectivity index (χ3n) is 3.86. The summed E-state index contributed by atoms with van der Waals surface area (Å²) in [5.41, 5.74) is 1.93. The first-order valence-corrected chi connectivity index (χ1v) is 7.91. The number of amides is 1. The largest absolute Gasteiger partial charge is 0.495 e. The summed E-state index contributed by atoms with van der Waals surface area (Å²) in [6.45, 7) is 2.10. The lowest BCUT2D eigenvalue weighted by molar-refractivity contribution is 0.102. The number of benzene rings is 1. The molecule has 23 heavy (non-hydrogen) atoms.